The lowest BCUT2D eigenvalue weighted by atomic mass is 10.4. The Hall–Kier alpha value is 0.310. The molecule has 0 heterocycles. The van der Waals surface area contributed by atoms with Crippen LogP contribution in [0.3, 0.4) is 0 Å². The number of hydrogen-bond donors (Lipinski definition) is 1. The lowest BCUT2D eigenvalue weighted by molar-refractivity contribution is 0.847. The molecule has 44 valence electrons. The summed E-state index contributed by atoms with van der Waals surface area (Å²) in [6, 6.07) is 0.366. The summed E-state index contributed by atoms with van der Waals surface area (Å²) in [5.74, 6) is 2.28. The van der Waals surface area contributed by atoms with Gasteiger partial charge in [-0.2, -0.15) is 11.8 Å². The number of thioether (sulfide) groups is 1. The summed E-state index contributed by atoms with van der Waals surface area (Å²) in [4.78, 5) is 0. The van der Waals surface area contributed by atoms with Crippen LogP contribution in [-0.2, 0) is 0 Å². The van der Waals surface area contributed by atoms with Gasteiger partial charge in [-0.05, 0) is 12.7 Å². The van der Waals surface area contributed by atoms with Crippen LogP contribution in [0.2, 0.25) is 0 Å². The molecule has 0 aromatic carbocycles. The van der Waals surface area contributed by atoms with E-state index in [1.165, 1.54) is 5.75 Å². The molecule has 7 heavy (non-hydrogen) atoms. The molecule has 0 saturated heterocycles. The highest BCUT2D eigenvalue weighted by molar-refractivity contribution is 7.99. The van der Waals surface area contributed by atoms with Crippen LogP contribution in [0.15, 0.2) is 0 Å². The summed E-state index contributed by atoms with van der Waals surface area (Å²) < 4.78 is 0. The highest BCUT2D eigenvalue weighted by atomic mass is 32.2. The second-order valence-electron chi connectivity index (χ2n) is 1.64. The molecule has 2 N–H and O–H groups in total. The molecule has 0 aromatic heterocycles. The fourth-order valence-corrected chi connectivity index (χ4v) is 0.911. The van der Waals surface area contributed by atoms with E-state index in [1.807, 2.05) is 18.7 Å². The van der Waals surface area contributed by atoms with Gasteiger partial charge in [0.25, 0.3) is 0 Å². The predicted octanol–water partition coefficient (Wildman–Crippen LogP) is 1.09. The van der Waals surface area contributed by atoms with E-state index in [2.05, 4.69) is 6.92 Å². The largest absolute Gasteiger partial charge is 0.327 e. The molecule has 1 nitrogen and oxygen atoms in total. The molecule has 0 radical (unpaired) electrons. The van der Waals surface area contributed by atoms with E-state index >= 15 is 0 Å². The zero-order valence-electron chi connectivity index (χ0n) is 4.98. The molecule has 0 saturated carbocycles. The van der Waals surface area contributed by atoms with Gasteiger partial charge >= 0.3 is 0 Å². The van der Waals surface area contributed by atoms with Crippen molar-refractivity contribution in [3.63, 3.8) is 0 Å². The molecule has 0 spiro atoms. The zero-order chi connectivity index (χ0) is 5.70. The maximum absolute atomic E-state index is 5.46. The van der Waals surface area contributed by atoms with Crippen LogP contribution in [0, 0.1) is 0 Å². The van der Waals surface area contributed by atoms with Crippen molar-refractivity contribution in [2.75, 3.05) is 11.5 Å². The molecule has 2 heteroatoms. The summed E-state index contributed by atoms with van der Waals surface area (Å²) in [5.41, 5.74) is 5.46. The Balaban J connectivity index is 2.68. The minimum Gasteiger partial charge on any atom is -0.327 e. The molecule has 0 aliphatic rings. The Morgan fingerprint density at radius 1 is 1.71 bits per heavy atom. The summed E-state index contributed by atoms with van der Waals surface area (Å²) >= 11 is 1.89. The van der Waals surface area contributed by atoms with Crippen molar-refractivity contribution in [2.45, 2.75) is 19.9 Å². The molecular formula is C5H13NS. The van der Waals surface area contributed by atoms with Crippen LogP contribution >= 0.6 is 11.8 Å². The van der Waals surface area contributed by atoms with Crippen molar-refractivity contribution in [3.8, 4) is 0 Å². The maximum atomic E-state index is 5.46. The average molecular weight is 119 g/mol. The van der Waals surface area contributed by atoms with Crippen molar-refractivity contribution in [1.82, 2.24) is 0 Å². The maximum Gasteiger partial charge on any atom is 0.0101 e. The van der Waals surface area contributed by atoms with Crippen molar-refractivity contribution in [2.24, 2.45) is 5.73 Å². The van der Waals surface area contributed by atoms with Gasteiger partial charge < -0.3 is 5.73 Å². The Kier molecular flexibility index (Phi) is 4.67. The van der Waals surface area contributed by atoms with Gasteiger partial charge in [-0.25, -0.2) is 0 Å². The first-order valence-corrected chi connectivity index (χ1v) is 3.76. The van der Waals surface area contributed by atoms with Crippen molar-refractivity contribution >= 4 is 11.8 Å². The fraction of sp³-hybridized carbons (Fsp3) is 1.00. The van der Waals surface area contributed by atoms with Gasteiger partial charge in [-0.1, -0.05) is 6.92 Å². The predicted molar refractivity (Wildman–Crippen MR) is 36.6 cm³/mol. The number of rotatable bonds is 3. The first-order chi connectivity index (χ1) is 3.27. The molecule has 0 aliphatic heterocycles. The highest BCUT2D eigenvalue weighted by Crippen LogP contribution is 1.98. The van der Waals surface area contributed by atoms with E-state index in [1.54, 1.807) is 0 Å². The standard InChI is InChI=1S/C5H13NS/c1-3-7-4-5(2)6/h5H,3-4,6H2,1-2H3. The smallest absolute Gasteiger partial charge is 0.0101 e. The lowest BCUT2D eigenvalue weighted by Crippen LogP contribution is -2.17. The molecule has 0 fully saturated rings. The quantitative estimate of drug-likeness (QED) is 0.601. The Labute approximate surface area is 49.7 Å². The van der Waals surface area contributed by atoms with E-state index in [0.717, 1.165) is 5.75 Å². The van der Waals surface area contributed by atoms with E-state index in [0.29, 0.717) is 6.04 Å². The van der Waals surface area contributed by atoms with Gasteiger partial charge in [0, 0.05) is 11.8 Å². The second-order valence-corrected chi connectivity index (χ2v) is 2.96. The van der Waals surface area contributed by atoms with E-state index in [4.69, 9.17) is 5.73 Å². The molecule has 0 bridgehead atoms. The zero-order valence-corrected chi connectivity index (χ0v) is 5.79. The first-order valence-electron chi connectivity index (χ1n) is 2.60. The molecule has 0 rings (SSSR count). The fourth-order valence-electron chi connectivity index (χ4n) is 0.304. The van der Waals surface area contributed by atoms with E-state index in [-0.39, 0.29) is 0 Å². The van der Waals surface area contributed by atoms with Crippen LogP contribution < -0.4 is 5.73 Å². The normalized spacial score (nSPS) is 14.1. The van der Waals surface area contributed by atoms with Gasteiger partial charge in [-0.3, -0.25) is 0 Å². The average Bonchev–Trinajstić information content (AvgIpc) is 1.61. The van der Waals surface area contributed by atoms with E-state index in [9.17, 15) is 0 Å². The third-order valence-electron chi connectivity index (χ3n) is 0.585. The molecule has 1 atom stereocenters. The Morgan fingerprint density at radius 2 is 2.29 bits per heavy atom. The van der Waals surface area contributed by atoms with Crippen LogP contribution in [0.5, 0.6) is 0 Å². The molecule has 0 aliphatic carbocycles. The SMILES string of the molecule is CCSCC(C)N. The summed E-state index contributed by atoms with van der Waals surface area (Å²) in [6.45, 7) is 4.18. The van der Waals surface area contributed by atoms with Crippen LogP contribution in [0.1, 0.15) is 13.8 Å². The lowest BCUT2D eigenvalue weighted by Gasteiger charge is -1.99. The van der Waals surface area contributed by atoms with Gasteiger partial charge in [-0.15, -0.1) is 0 Å². The second kappa shape index (κ2) is 4.47. The topological polar surface area (TPSA) is 26.0 Å². The molecular weight excluding hydrogens is 106 g/mol. The van der Waals surface area contributed by atoms with Gasteiger partial charge in [0.15, 0.2) is 0 Å². The van der Waals surface area contributed by atoms with Crippen molar-refractivity contribution < 1.29 is 0 Å². The molecule has 0 amide bonds. The highest BCUT2D eigenvalue weighted by Gasteiger charge is 1.88. The number of hydrogen-bond acceptors (Lipinski definition) is 2. The third-order valence-corrected chi connectivity index (χ3v) is 1.75. The van der Waals surface area contributed by atoms with Gasteiger partial charge in [0.05, 0.1) is 0 Å². The molecule has 0 aromatic rings. The minimum absolute atomic E-state index is 0.366. The summed E-state index contributed by atoms with van der Waals surface area (Å²) in [6.07, 6.45) is 0. The summed E-state index contributed by atoms with van der Waals surface area (Å²) in [7, 11) is 0. The van der Waals surface area contributed by atoms with Crippen LogP contribution in [-0.4, -0.2) is 17.5 Å². The minimum atomic E-state index is 0.366. The summed E-state index contributed by atoms with van der Waals surface area (Å²) in [5, 5.41) is 0. The Morgan fingerprint density at radius 3 is 2.43 bits per heavy atom. The van der Waals surface area contributed by atoms with Gasteiger partial charge in [0.1, 0.15) is 0 Å². The first kappa shape index (κ1) is 7.31. The monoisotopic (exact) mass is 119 g/mol. The van der Waals surface area contributed by atoms with Crippen LogP contribution in [0.25, 0.3) is 0 Å². The van der Waals surface area contributed by atoms with E-state index < -0.39 is 0 Å². The van der Waals surface area contributed by atoms with Crippen LogP contribution in [0.4, 0.5) is 0 Å². The number of nitrogens with two attached hydrogens (primary N) is 1. The van der Waals surface area contributed by atoms with Crippen molar-refractivity contribution in [3.05, 3.63) is 0 Å². The Bertz CT molecular complexity index is 37.1. The third kappa shape index (κ3) is 6.31. The molecule has 1 unspecified atom stereocenters. The van der Waals surface area contributed by atoms with Crippen molar-refractivity contribution in [1.29, 1.82) is 0 Å². The van der Waals surface area contributed by atoms with Gasteiger partial charge in [0.2, 0.25) is 0 Å².